The fraction of sp³-hybridized carbons (Fsp3) is 0.647. The van der Waals surface area contributed by atoms with Crippen LogP contribution in [0.5, 0.6) is 0 Å². The summed E-state index contributed by atoms with van der Waals surface area (Å²) < 4.78 is 0. The Balaban J connectivity index is 1.91. The summed E-state index contributed by atoms with van der Waals surface area (Å²) in [5.41, 5.74) is 1.88. The second kappa shape index (κ2) is 6.92. The molecule has 0 atom stereocenters. The average Bonchev–Trinajstić information content (AvgIpc) is 2.47. The van der Waals surface area contributed by atoms with Gasteiger partial charge in [-0.1, -0.05) is 20.8 Å². The molecular weight excluding hydrogens is 262 g/mol. The molecule has 1 aliphatic rings. The van der Waals surface area contributed by atoms with Crippen LogP contribution in [0.3, 0.4) is 0 Å². The van der Waals surface area contributed by atoms with Crippen molar-refractivity contribution in [2.24, 2.45) is 5.41 Å². The summed E-state index contributed by atoms with van der Waals surface area (Å²) in [5.74, 6) is -0.0557. The number of carbonyl (C=O) groups is 1. The zero-order valence-electron chi connectivity index (χ0n) is 13.4. The zero-order chi connectivity index (χ0) is 15.3. The molecule has 2 rings (SSSR count). The first-order chi connectivity index (χ1) is 10.00. The lowest BCUT2D eigenvalue weighted by Gasteiger charge is -2.34. The molecule has 4 nitrogen and oxygen atoms in total. The maximum absolute atomic E-state index is 12.3. The Hall–Kier alpha value is -1.58. The Bertz CT molecular complexity index is 475. The van der Waals surface area contributed by atoms with Crippen molar-refractivity contribution in [3.63, 3.8) is 0 Å². The zero-order valence-corrected chi connectivity index (χ0v) is 13.4. The molecule has 0 unspecified atom stereocenters. The van der Waals surface area contributed by atoms with E-state index in [2.05, 4.69) is 36.4 Å². The normalized spacial score (nSPS) is 18.2. The number of hydrogen-bond acceptors (Lipinski definition) is 3. The average molecular weight is 289 g/mol. The van der Waals surface area contributed by atoms with Crippen LogP contribution in [-0.4, -0.2) is 23.5 Å². The van der Waals surface area contributed by atoms with Gasteiger partial charge in [-0.05, 0) is 49.7 Å². The molecule has 0 saturated heterocycles. The van der Waals surface area contributed by atoms with Crippen LogP contribution in [0.2, 0.25) is 0 Å². The van der Waals surface area contributed by atoms with Crippen molar-refractivity contribution in [2.45, 2.75) is 58.9 Å². The van der Waals surface area contributed by atoms with Crippen LogP contribution in [0.15, 0.2) is 18.3 Å². The number of rotatable bonds is 5. The monoisotopic (exact) mass is 289 g/mol. The third-order valence-electron chi connectivity index (χ3n) is 4.25. The molecule has 0 spiro atoms. The molecule has 0 radical (unpaired) electrons. The minimum Gasteiger partial charge on any atom is -0.385 e. The Morgan fingerprint density at radius 1 is 1.38 bits per heavy atom. The molecule has 0 bridgehead atoms. The largest absolute Gasteiger partial charge is 0.385 e. The van der Waals surface area contributed by atoms with E-state index in [0.717, 1.165) is 31.5 Å². The van der Waals surface area contributed by atoms with Gasteiger partial charge in [0.05, 0.1) is 0 Å². The van der Waals surface area contributed by atoms with E-state index in [1.807, 2.05) is 12.1 Å². The van der Waals surface area contributed by atoms with Gasteiger partial charge in [0.1, 0.15) is 5.69 Å². The van der Waals surface area contributed by atoms with E-state index in [1.54, 1.807) is 6.20 Å². The van der Waals surface area contributed by atoms with Crippen LogP contribution < -0.4 is 10.6 Å². The van der Waals surface area contributed by atoms with Crippen LogP contribution in [0.1, 0.15) is 63.4 Å². The number of nitrogens with zero attached hydrogens (tertiary/aromatic N) is 1. The van der Waals surface area contributed by atoms with Crippen LogP contribution in [0.25, 0.3) is 0 Å². The predicted molar refractivity (Wildman–Crippen MR) is 86.5 cm³/mol. The summed E-state index contributed by atoms with van der Waals surface area (Å²) in [5, 5.41) is 6.41. The highest BCUT2D eigenvalue weighted by Crippen LogP contribution is 2.35. The van der Waals surface area contributed by atoms with E-state index in [1.165, 1.54) is 12.8 Å². The first-order valence-electron chi connectivity index (χ1n) is 8.01. The maximum Gasteiger partial charge on any atom is 0.270 e. The summed E-state index contributed by atoms with van der Waals surface area (Å²) in [7, 11) is 0. The van der Waals surface area contributed by atoms with Gasteiger partial charge in [-0.3, -0.25) is 9.78 Å². The van der Waals surface area contributed by atoms with Gasteiger partial charge < -0.3 is 10.6 Å². The van der Waals surface area contributed by atoms with E-state index in [0.29, 0.717) is 17.2 Å². The highest BCUT2D eigenvalue weighted by atomic mass is 16.1. The van der Waals surface area contributed by atoms with E-state index >= 15 is 0 Å². The van der Waals surface area contributed by atoms with Crippen molar-refractivity contribution < 1.29 is 4.79 Å². The second-order valence-corrected chi connectivity index (χ2v) is 6.77. The lowest BCUT2D eigenvalue weighted by Crippen LogP contribution is -2.39. The third kappa shape index (κ3) is 4.73. The standard InChI is InChI=1S/C17H27N3O/c1-4-10-18-14-7-11-19-15(12-14)16(21)20-13-5-8-17(2,3)9-6-13/h7,11-13H,4-6,8-10H2,1-3H3,(H,18,19)(H,20,21). The van der Waals surface area contributed by atoms with Gasteiger partial charge in [0.15, 0.2) is 0 Å². The topological polar surface area (TPSA) is 54.0 Å². The SMILES string of the molecule is CCCNc1ccnc(C(=O)NC2CCC(C)(C)CC2)c1. The number of pyridine rings is 1. The lowest BCUT2D eigenvalue weighted by atomic mass is 9.75. The van der Waals surface area contributed by atoms with E-state index in [4.69, 9.17) is 0 Å². The van der Waals surface area contributed by atoms with Crippen molar-refractivity contribution >= 4 is 11.6 Å². The summed E-state index contributed by atoms with van der Waals surface area (Å²) >= 11 is 0. The summed E-state index contributed by atoms with van der Waals surface area (Å²) in [6.07, 6.45) is 7.21. The molecule has 1 amide bonds. The number of carbonyl (C=O) groups excluding carboxylic acids is 1. The van der Waals surface area contributed by atoms with Crippen molar-refractivity contribution in [2.75, 3.05) is 11.9 Å². The lowest BCUT2D eigenvalue weighted by molar-refractivity contribution is 0.0904. The van der Waals surface area contributed by atoms with Crippen molar-refractivity contribution in [1.29, 1.82) is 0 Å². The first-order valence-corrected chi connectivity index (χ1v) is 8.01. The smallest absolute Gasteiger partial charge is 0.270 e. The fourth-order valence-electron chi connectivity index (χ4n) is 2.74. The van der Waals surface area contributed by atoms with Crippen molar-refractivity contribution in [1.82, 2.24) is 10.3 Å². The summed E-state index contributed by atoms with van der Waals surface area (Å²) in [4.78, 5) is 16.5. The minimum absolute atomic E-state index is 0.0557. The molecule has 1 aromatic rings. The molecule has 116 valence electrons. The van der Waals surface area contributed by atoms with Gasteiger partial charge in [0.2, 0.25) is 0 Å². The van der Waals surface area contributed by atoms with E-state index < -0.39 is 0 Å². The Morgan fingerprint density at radius 2 is 2.10 bits per heavy atom. The number of anilines is 1. The summed E-state index contributed by atoms with van der Waals surface area (Å²) in [6, 6.07) is 4.02. The van der Waals surface area contributed by atoms with Crippen LogP contribution in [0.4, 0.5) is 5.69 Å². The van der Waals surface area contributed by atoms with E-state index in [-0.39, 0.29) is 5.91 Å². The summed E-state index contributed by atoms with van der Waals surface area (Å²) in [6.45, 7) is 7.63. The molecule has 21 heavy (non-hydrogen) atoms. The highest BCUT2D eigenvalue weighted by molar-refractivity contribution is 5.93. The van der Waals surface area contributed by atoms with Crippen molar-refractivity contribution in [3.05, 3.63) is 24.0 Å². The molecule has 4 heteroatoms. The quantitative estimate of drug-likeness (QED) is 0.870. The van der Waals surface area contributed by atoms with Gasteiger partial charge in [-0.15, -0.1) is 0 Å². The minimum atomic E-state index is -0.0557. The molecule has 2 N–H and O–H groups in total. The maximum atomic E-state index is 12.3. The van der Waals surface area contributed by atoms with E-state index in [9.17, 15) is 4.79 Å². The second-order valence-electron chi connectivity index (χ2n) is 6.77. The molecule has 0 aliphatic heterocycles. The molecule has 1 aromatic heterocycles. The molecule has 1 aliphatic carbocycles. The molecule has 0 aromatic carbocycles. The third-order valence-corrected chi connectivity index (χ3v) is 4.25. The van der Waals surface area contributed by atoms with Gasteiger partial charge in [0, 0.05) is 24.5 Å². The number of amides is 1. The first kappa shape index (κ1) is 15.8. The molecule has 1 saturated carbocycles. The van der Waals surface area contributed by atoms with Crippen molar-refractivity contribution in [3.8, 4) is 0 Å². The van der Waals surface area contributed by atoms with Gasteiger partial charge >= 0.3 is 0 Å². The fourth-order valence-corrected chi connectivity index (χ4v) is 2.74. The number of hydrogen-bond donors (Lipinski definition) is 2. The number of nitrogens with one attached hydrogen (secondary N) is 2. The highest BCUT2D eigenvalue weighted by Gasteiger charge is 2.27. The molecular formula is C17H27N3O. The van der Waals surface area contributed by atoms with Gasteiger partial charge in [0.25, 0.3) is 5.91 Å². The predicted octanol–water partition coefficient (Wildman–Crippen LogP) is 3.60. The van der Waals surface area contributed by atoms with Crippen LogP contribution in [-0.2, 0) is 0 Å². The van der Waals surface area contributed by atoms with Gasteiger partial charge in [-0.2, -0.15) is 0 Å². The number of aromatic nitrogens is 1. The molecule has 1 fully saturated rings. The van der Waals surface area contributed by atoms with Crippen LogP contribution >= 0.6 is 0 Å². The van der Waals surface area contributed by atoms with Crippen LogP contribution in [0, 0.1) is 5.41 Å². The van der Waals surface area contributed by atoms with Gasteiger partial charge in [-0.25, -0.2) is 0 Å². The Labute approximate surface area is 127 Å². The Morgan fingerprint density at radius 3 is 2.76 bits per heavy atom. The molecule has 1 heterocycles. The Kier molecular flexibility index (Phi) is 5.21.